The maximum Gasteiger partial charge on any atom is 0.260 e. The molecule has 2 aromatic heterocycles. The quantitative estimate of drug-likeness (QED) is 0.369. The average Bonchev–Trinajstić information content (AvgIpc) is 2.92. The van der Waals surface area contributed by atoms with Gasteiger partial charge in [0, 0.05) is 30.9 Å². The monoisotopic (exact) mass is 569 g/mol. The van der Waals surface area contributed by atoms with Crippen molar-refractivity contribution in [2.45, 2.75) is 11.4 Å². The molecule has 202 valence electrons. The van der Waals surface area contributed by atoms with Crippen molar-refractivity contribution in [2.75, 3.05) is 48.1 Å². The van der Waals surface area contributed by atoms with Crippen LogP contribution in [0.2, 0.25) is 5.02 Å². The van der Waals surface area contributed by atoms with Gasteiger partial charge in [-0.2, -0.15) is 0 Å². The van der Waals surface area contributed by atoms with Gasteiger partial charge in [0.25, 0.3) is 5.91 Å². The molecule has 1 fully saturated rings. The van der Waals surface area contributed by atoms with Crippen LogP contribution in [-0.4, -0.2) is 56.9 Å². The largest absolute Gasteiger partial charge is 0.382 e. The van der Waals surface area contributed by atoms with E-state index in [-0.39, 0.29) is 28.5 Å². The fraction of sp³-hybridized carbons (Fsp3) is 0.222. The number of sulfone groups is 1. The Bertz CT molecular complexity index is 1660. The first-order valence-corrected chi connectivity index (χ1v) is 14.3. The Kier molecular flexibility index (Phi) is 7.39. The van der Waals surface area contributed by atoms with E-state index in [9.17, 15) is 17.6 Å². The lowest BCUT2D eigenvalue weighted by Gasteiger charge is -2.28. The molecule has 1 saturated heterocycles. The van der Waals surface area contributed by atoms with Gasteiger partial charge in [-0.15, -0.1) is 0 Å². The maximum absolute atomic E-state index is 14.1. The van der Waals surface area contributed by atoms with Crippen LogP contribution < -0.4 is 15.5 Å². The summed E-state index contributed by atoms with van der Waals surface area (Å²) in [5.74, 6) is -0.364. The highest BCUT2D eigenvalue weighted by Crippen LogP contribution is 2.31. The third-order valence-electron chi connectivity index (χ3n) is 6.39. The van der Waals surface area contributed by atoms with E-state index in [0.29, 0.717) is 48.2 Å². The molecule has 1 aliphatic heterocycles. The van der Waals surface area contributed by atoms with Gasteiger partial charge in [0.15, 0.2) is 9.84 Å². The Morgan fingerprint density at radius 2 is 1.90 bits per heavy atom. The number of amides is 1. The van der Waals surface area contributed by atoms with E-state index < -0.39 is 21.6 Å². The summed E-state index contributed by atoms with van der Waals surface area (Å²) in [6.07, 6.45) is 2.42. The number of pyridine rings is 2. The molecule has 0 radical (unpaired) electrons. The van der Waals surface area contributed by atoms with Gasteiger partial charge in [-0.05, 0) is 48.0 Å². The topological polar surface area (TPSA) is 119 Å². The average molecular weight is 570 g/mol. The van der Waals surface area contributed by atoms with E-state index in [1.165, 1.54) is 17.2 Å². The third-order valence-corrected chi connectivity index (χ3v) is 7.82. The van der Waals surface area contributed by atoms with E-state index in [0.717, 1.165) is 23.8 Å². The smallest absolute Gasteiger partial charge is 0.260 e. The van der Waals surface area contributed by atoms with Crippen molar-refractivity contribution in [2.24, 2.45) is 0 Å². The molecule has 0 bridgehead atoms. The van der Waals surface area contributed by atoms with Crippen LogP contribution in [0.15, 0.2) is 65.7 Å². The summed E-state index contributed by atoms with van der Waals surface area (Å²) >= 11 is 6.09. The number of ether oxygens (including phenoxy) is 1. The molecule has 2 aromatic carbocycles. The second kappa shape index (κ2) is 10.8. The molecule has 3 heterocycles. The van der Waals surface area contributed by atoms with Crippen molar-refractivity contribution in [3.8, 4) is 0 Å². The summed E-state index contributed by atoms with van der Waals surface area (Å²) in [4.78, 5) is 25.7. The molecule has 39 heavy (non-hydrogen) atoms. The lowest BCUT2D eigenvalue weighted by atomic mass is 10.1. The molecular formula is C27H25ClFN5O4S. The standard InChI is InChI=1S/C27H25ClFN5O4S/c1-39(36,37)24-14-20(29)5-6-23(24)34(16-17-2-3-18-13-21(28)26(30)32-22(18)12-17)27(35)19-4-7-25(31-15-19)33-8-10-38-11-9-33/h2-7,12-15H,8-11,16H2,1H3,(H2,30,32). The number of nitrogens with zero attached hydrogens (tertiary/aromatic N) is 4. The van der Waals surface area contributed by atoms with E-state index in [2.05, 4.69) is 14.9 Å². The summed E-state index contributed by atoms with van der Waals surface area (Å²) in [7, 11) is -3.89. The molecule has 2 N–H and O–H groups in total. The SMILES string of the molecule is CS(=O)(=O)c1cc(F)ccc1N(Cc1ccc2cc(Cl)c(N)nc2c1)C(=O)c1ccc(N2CCOCC2)nc1. The molecule has 0 aliphatic carbocycles. The van der Waals surface area contributed by atoms with Gasteiger partial charge in [-0.25, -0.2) is 22.8 Å². The predicted molar refractivity (Wildman–Crippen MR) is 148 cm³/mol. The van der Waals surface area contributed by atoms with Crippen molar-refractivity contribution >= 4 is 55.6 Å². The minimum absolute atomic E-state index is 0.0294. The van der Waals surface area contributed by atoms with Gasteiger partial charge in [-0.1, -0.05) is 23.7 Å². The molecular weight excluding hydrogens is 545 g/mol. The molecule has 1 aliphatic rings. The number of benzene rings is 2. The number of rotatable bonds is 6. The van der Waals surface area contributed by atoms with Crippen LogP contribution >= 0.6 is 11.6 Å². The summed E-state index contributed by atoms with van der Waals surface area (Å²) in [5, 5.41) is 1.07. The van der Waals surface area contributed by atoms with Crippen LogP contribution in [0.4, 0.5) is 21.7 Å². The number of halogens is 2. The Hall–Kier alpha value is -3.80. The van der Waals surface area contributed by atoms with Gasteiger partial charge < -0.3 is 20.3 Å². The third kappa shape index (κ3) is 5.80. The van der Waals surface area contributed by atoms with Gasteiger partial charge in [-0.3, -0.25) is 4.79 Å². The number of anilines is 3. The van der Waals surface area contributed by atoms with Gasteiger partial charge in [0.2, 0.25) is 0 Å². The molecule has 0 spiro atoms. The Labute approximate surface area is 229 Å². The number of morpholine rings is 1. The first kappa shape index (κ1) is 26.8. The summed E-state index contributed by atoms with van der Waals surface area (Å²) < 4.78 is 44.8. The first-order valence-electron chi connectivity index (χ1n) is 12.0. The number of nitrogen functional groups attached to an aromatic ring is 1. The maximum atomic E-state index is 14.1. The predicted octanol–water partition coefficient (Wildman–Crippen LogP) is 4.09. The number of carbonyl (C=O) groups is 1. The van der Waals surface area contributed by atoms with Crippen LogP contribution in [0.5, 0.6) is 0 Å². The highest BCUT2D eigenvalue weighted by molar-refractivity contribution is 7.90. The molecule has 9 nitrogen and oxygen atoms in total. The molecule has 4 aromatic rings. The van der Waals surface area contributed by atoms with Crippen molar-refractivity contribution < 1.29 is 22.3 Å². The van der Waals surface area contributed by atoms with Crippen LogP contribution in [0.3, 0.4) is 0 Å². The molecule has 12 heteroatoms. The summed E-state index contributed by atoms with van der Waals surface area (Å²) in [6, 6.07) is 13.7. The highest BCUT2D eigenvalue weighted by Gasteiger charge is 2.26. The lowest BCUT2D eigenvalue weighted by molar-refractivity contribution is 0.0984. The normalized spacial score (nSPS) is 14.0. The number of aromatic nitrogens is 2. The molecule has 0 unspecified atom stereocenters. The lowest BCUT2D eigenvalue weighted by Crippen LogP contribution is -2.37. The van der Waals surface area contributed by atoms with E-state index in [1.54, 1.807) is 36.4 Å². The number of nitrogens with two attached hydrogens (primary N) is 1. The van der Waals surface area contributed by atoms with Crippen molar-refractivity contribution in [1.29, 1.82) is 0 Å². The number of fused-ring (bicyclic) bond motifs is 1. The minimum atomic E-state index is -3.89. The Morgan fingerprint density at radius 3 is 2.59 bits per heavy atom. The van der Waals surface area contributed by atoms with Gasteiger partial charge in [0.05, 0.1) is 46.4 Å². The van der Waals surface area contributed by atoms with Gasteiger partial charge in [0.1, 0.15) is 17.5 Å². The summed E-state index contributed by atoms with van der Waals surface area (Å²) in [5.41, 5.74) is 7.36. The van der Waals surface area contributed by atoms with Crippen LogP contribution in [-0.2, 0) is 21.1 Å². The highest BCUT2D eigenvalue weighted by atomic mass is 35.5. The zero-order valence-electron chi connectivity index (χ0n) is 21.0. The Morgan fingerprint density at radius 1 is 1.13 bits per heavy atom. The van der Waals surface area contributed by atoms with Crippen molar-refractivity contribution in [3.05, 3.63) is 82.8 Å². The number of hydrogen-bond donors (Lipinski definition) is 1. The summed E-state index contributed by atoms with van der Waals surface area (Å²) in [6.45, 7) is 2.52. The van der Waals surface area contributed by atoms with Gasteiger partial charge >= 0.3 is 0 Å². The van der Waals surface area contributed by atoms with E-state index in [4.69, 9.17) is 22.1 Å². The second-order valence-corrected chi connectivity index (χ2v) is 11.6. The molecule has 0 atom stereocenters. The van der Waals surface area contributed by atoms with E-state index in [1.807, 2.05) is 0 Å². The Balaban J connectivity index is 1.56. The number of carbonyl (C=O) groups excluding carboxylic acids is 1. The number of hydrogen-bond acceptors (Lipinski definition) is 8. The van der Waals surface area contributed by atoms with Crippen LogP contribution in [0, 0.1) is 5.82 Å². The zero-order chi connectivity index (χ0) is 27.7. The fourth-order valence-corrected chi connectivity index (χ4v) is 5.45. The molecule has 5 rings (SSSR count). The minimum Gasteiger partial charge on any atom is -0.382 e. The van der Waals surface area contributed by atoms with E-state index >= 15 is 0 Å². The van der Waals surface area contributed by atoms with Crippen LogP contribution in [0.25, 0.3) is 10.9 Å². The molecule has 0 saturated carbocycles. The first-order chi connectivity index (χ1) is 18.6. The second-order valence-electron chi connectivity index (χ2n) is 9.16. The van der Waals surface area contributed by atoms with Crippen molar-refractivity contribution in [3.63, 3.8) is 0 Å². The van der Waals surface area contributed by atoms with Crippen LogP contribution in [0.1, 0.15) is 15.9 Å². The fourth-order valence-electron chi connectivity index (χ4n) is 4.40. The van der Waals surface area contributed by atoms with Crippen molar-refractivity contribution in [1.82, 2.24) is 9.97 Å². The molecule has 1 amide bonds. The zero-order valence-corrected chi connectivity index (χ0v) is 22.5.